The van der Waals surface area contributed by atoms with Gasteiger partial charge in [0.2, 0.25) is 0 Å². The standard InChI is InChI=1S/C4H13NS2/c1-6(2)5-7(3)4/h5H,1-4H3/q+2. The molecular weight excluding hydrogens is 126 g/mol. The molecule has 7 heavy (non-hydrogen) atoms. The fraction of sp³-hybridized carbons (Fsp3) is 1.00. The SMILES string of the molecule is C[S+](C)N[S+](C)C. The summed E-state index contributed by atoms with van der Waals surface area (Å²) < 4.78 is 3.36. The van der Waals surface area contributed by atoms with Gasteiger partial charge in [0, 0.05) is 4.13 Å². The average molecular weight is 139 g/mol. The van der Waals surface area contributed by atoms with Crippen LogP contribution < -0.4 is 4.13 Å². The van der Waals surface area contributed by atoms with Crippen LogP contribution in [-0.4, -0.2) is 25.0 Å². The van der Waals surface area contributed by atoms with Crippen molar-refractivity contribution in [3.8, 4) is 0 Å². The van der Waals surface area contributed by atoms with E-state index in [-0.39, 0.29) is 0 Å². The monoisotopic (exact) mass is 139 g/mol. The number of rotatable bonds is 2. The van der Waals surface area contributed by atoms with Gasteiger partial charge in [0.15, 0.2) is 0 Å². The van der Waals surface area contributed by atoms with E-state index in [1.54, 1.807) is 0 Å². The Labute approximate surface area is 51.8 Å². The van der Waals surface area contributed by atoms with E-state index in [0.717, 1.165) is 0 Å². The van der Waals surface area contributed by atoms with E-state index in [4.69, 9.17) is 0 Å². The lowest BCUT2D eigenvalue weighted by Gasteiger charge is -1.90. The predicted octanol–water partition coefficient (Wildman–Crippen LogP) is 0.162. The van der Waals surface area contributed by atoms with Gasteiger partial charge in [-0.25, -0.2) is 0 Å². The highest BCUT2D eigenvalue weighted by molar-refractivity contribution is 8.08. The molecular formula is C4H13NS2+2. The van der Waals surface area contributed by atoms with Crippen LogP contribution in [-0.2, 0) is 22.2 Å². The molecule has 1 nitrogen and oxygen atoms in total. The topological polar surface area (TPSA) is 12.0 Å². The van der Waals surface area contributed by atoms with Crippen LogP contribution >= 0.6 is 0 Å². The molecule has 0 saturated heterocycles. The lowest BCUT2D eigenvalue weighted by atomic mass is 11.9. The van der Waals surface area contributed by atoms with Gasteiger partial charge in [0.05, 0.1) is 0 Å². The second-order valence-corrected chi connectivity index (χ2v) is 5.65. The highest BCUT2D eigenvalue weighted by Crippen LogP contribution is 1.80. The highest BCUT2D eigenvalue weighted by atomic mass is 32.3. The van der Waals surface area contributed by atoms with Gasteiger partial charge in [-0.05, 0) is 0 Å². The van der Waals surface area contributed by atoms with E-state index in [1.807, 2.05) is 0 Å². The second kappa shape index (κ2) is 3.64. The van der Waals surface area contributed by atoms with E-state index in [2.05, 4.69) is 29.2 Å². The van der Waals surface area contributed by atoms with Crippen molar-refractivity contribution < 1.29 is 0 Å². The molecule has 0 atom stereocenters. The molecule has 0 aromatic carbocycles. The summed E-state index contributed by atoms with van der Waals surface area (Å²) in [5.74, 6) is 0. The van der Waals surface area contributed by atoms with Gasteiger partial charge in [-0.1, -0.05) is 0 Å². The Morgan fingerprint density at radius 3 is 1.14 bits per heavy atom. The number of hydrogen-bond donors (Lipinski definition) is 1. The summed E-state index contributed by atoms with van der Waals surface area (Å²) in [6, 6.07) is 0. The third kappa shape index (κ3) is 6.66. The Balaban J connectivity index is 2.95. The third-order valence-corrected chi connectivity index (χ3v) is 3.00. The normalized spacial score (nSPS) is 11.1. The first-order valence-electron chi connectivity index (χ1n) is 2.04. The van der Waals surface area contributed by atoms with Crippen LogP contribution in [0.2, 0.25) is 0 Å². The van der Waals surface area contributed by atoms with Gasteiger partial charge in [-0.2, -0.15) is 0 Å². The van der Waals surface area contributed by atoms with E-state index < -0.39 is 0 Å². The summed E-state index contributed by atoms with van der Waals surface area (Å²) in [7, 11) is 0. The van der Waals surface area contributed by atoms with E-state index in [0.29, 0.717) is 22.2 Å². The minimum absolute atomic E-state index is 0.417. The Kier molecular flexibility index (Phi) is 3.98. The van der Waals surface area contributed by atoms with Gasteiger partial charge in [-0.15, -0.1) is 0 Å². The molecule has 0 rings (SSSR count). The maximum atomic E-state index is 3.36. The molecule has 3 heteroatoms. The molecule has 44 valence electrons. The molecule has 0 unspecified atom stereocenters. The summed E-state index contributed by atoms with van der Waals surface area (Å²) in [4.78, 5) is 0. The molecule has 0 radical (unpaired) electrons. The largest absolute Gasteiger partial charge is 0.121 e. The molecule has 0 heterocycles. The first kappa shape index (κ1) is 7.66. The van der Waals surface area contributed by atoms with Crippen LogP contribution in [0.1, 0.15) is 0 Å². The van der Waals surface area contributed by atoms with Gasteiger partial charge < -0.3 is 0 Å². The van der Waals surface area contributed by atoms with Crippen LogP contribution in [0.25, 0.3) is 0 Å². The quantitative estimate of drug-likeness (QED) is 0.538. The van der Waals surface area contributed by atoms with Gasteiger partial charge in [0.25, 0.3) is 0 Å². The van der Waals surface area contributed by atoms with Crippen molar-refractivity contribution in [3.05, 3.63) is 0 Å². The molecule has 0 spiro atoms. The van der Waals surface area contributed by atoms with Crippen molar-refractivity contribution >= 4 is 22.2 Å². The summed E-state index contributed by atoms with van der Waals surface area (Å²) in [5.41, 5.74) is 0. The van der Waals surface area contributed by atoms with Crippen LogP contribution in [0.3, 0.4) is 0 Å². The summed E-state index contributed by atoms with van der Waals surface area (Å²) >= 11 is 0.833. The molecule has 0 aliphatic carbocycles. The van der Waals surface area contributed by atoms with Crippen molar-refractivity contribution in [1.82, 2.24) is 4.13 Å². The zero-order valence-electron chi connectivity index (χ0n) is 5.32. The Hall–Kier alpha value is 0.660. The summed E-state index contributed by atoms with van der Waals surface area (Å²) in [5, 5.41) is 0. The Morgan fingerprint density at radius 2 is 1.14 bits per heavy atom. The maximum absolute atomic E-state index is 3.36. The molecule has 0 aromatic heterocycles. The molecule has 0 aliphatic heterocycles. The number of hydrogen-bond acceptors (Lipinski definition) is 1. The van der Waals surface area contributed by atoms with Gasteiger partial charge in [0.1, 0.15) is 47.2 Å². The minimum Gasteiger partial charge on any atom is 0.0392 e. The van der Waals surface area contributed by atoms with Crippen LogP contribution in [0.4, 0.5) is 0 Å². The van der Waals surface area contributed by atoms with E-state index >= 15 is 0 Å². The van der Waals surface area contributed by atoms with E-state index in [9.17, 15) is 0 Å². The predicted molar refractivity (Wildman–Crippen MR) is 41.6 cm³/mol. The average Bonchev–Trinajstić information content (AvgIpc) is 1.27. The van der Waals surface area contributed by atoms with Crippen molar-refractivity contribution in [2.75, 3.05) is 25.0 Å². The molecule has 0 fully saturated rings. The Bertz CT molecular complexity index is 39.0. The third-order valence-electron chi connectivity index (χ3n) is 0.333. The van der Waals surface area contributed by atoms with Crippen molar-refractivity contribution in [1.29, 1.82) is 0 Å². The highest BCUT2D eigenvalue weighted by Gasteiger charge is 2.10. The number of nitrogens with one attached hydrogen (secondary N) is 1. The summed E-state index contributed by atoms with van der Waals surface area (Å²) in [6.45, 7) is 0. The lowest BCUT2D eigenvalue weighted by Crippen LogP contribution is -2.26. The van der Waals surface area contributed by atoms with E-state index in [1.165, 1.54) is 0 Å². The molecule has 1 N–H and O–H groups in total. The smallest absolute Gasteiger partial charge is 0.0392 e. The minimum atomic E-state index is 0.417. The van der Waals surface area contributed by atoms with Gasteiger partial charge in [-0.3, -0.25) is 0 Å². The zero-order chi connectivity index (χ0) is 5.86. The second-order valence-electron chi connectivity index (χ2n) is 1.72. The zero-order valence-corrected chi connectivity index (χ0v) is 6.95. The van der Waals surface area contributed by atoms with Crippen LogP contribution in [0.15, 0.2) is 0 Å². The molecule has 0 amide bonds. The molecule has 0 aliphatic rings. The fourth-order valence-corrected chi connectivity index (χ4v) is 3.00. The van der Waals surface area contributed by atoms with Crippen LogP contribution in [0.5, 0.6) is 0 Å². The van der Waals surface area contributed by atoms with Gasteiger partial charge >= 0.3 is 0 Å². The maximum Gasteiger partial charge on any atom is 0.121 e. The first-order valence-corrected chi connectivity index (χ1v) is 6.12. The van der Waals surface area contributed by atoms with Crippen molar-refractivity contribution in [3.63, 3.8) is 0 Å². The van der Waals surface area contributed by atoms with Crippen molar-refractivity contribution in [2.45, 2.75) is 0 Å². The fourth-order valence-electron chi connectivity index (χ4n) is 0.333. The molecule has 0 saturated carbocycles. The molecule has 0 aromatic rings. The summed E-state index contributed by atoms with van der Waals surface area (Å²) in [6.07, 6.45) is 8.75. The molecule has 0 bridgehead atoms. The first-order chi connectivity index (χ1) is 3.13. The van der Waals surface area contributed by atoms with Crippen molar-refractivity contribution in [2.24, 2.45) is 0 Å². The van der Waals surface area contributed by atoms with Crippen LogP contribution in [0, 0.1) is 0 Å². The Morgan fingerprint density at radius 1 is 0.857 bits per heavy atom. The lowest BCUT2D eigenvalue weighted by molar-refractivity contribution is 1.66.